The third kappa shape index (κ3) is 1.81. The Hall–Kier alpha value is -1.26. The molecule has 1 fully saturated rings. The summed E-state index contributed by atoms with van der Waals surface area (Å²) in [6.45, 7) is 2.23. The fourth-order valence-electron chi connectivity index (χ4n) is 2.22. The van der Waals surface area contributed by atoms with E-state index in [2.05, 4.69) is 27.4 Å². The van der Waals surface area contributed by atoms with E-state index in [9.17, 15) is 0 Å². The highest BCUT2D eigenvalue weighted by atomic mass is 15.3. The molecule has 1 aliphatic rings. The molecule has 2 atom stereocenters. The molecule has 14 heavy (non-hydrogen) atoms. The fraction of sp³-hybridized carbons (Fsp3) is 0.778. The van der Waals surface area contributed by atoms with Crippen molar-refractivity contribution in [1.29, 1.82) is 0 Å². The molecule has 1 saturated carbocycles. The molecule has 5 heteroatoms. The highest BCUT2D eigenvalue weighted by Crippen LogP contribution is 2.29. The number of H-pyrrole nitrogens is 1. The van der Waals surface area contributed by atoms with E-state index in [4.69, 9.17) is 5.73 Å². The summed E-state index contributed by atoms with van der Waals surface area (Å²) >= 11 is 0. The summed E-state index contributed by atoms with van der Waals surface area (Å²) in [5.74, 6) is 1.76. The van der Waals surface area contributed by atoms with Crippen molar-refractivity contribution in [3.8, 4) is 0 Å². The molecule has 1 aromatic heterocycles. The first-order valence-electron chi connectivity index (χ1n) is 5.24. The summed E-state index contributed by atoms with van der Waals surface area (Å²) in [6, 6.07) is 0.523. The number of anilines is 2. The van der Waals surface area contributed by atoms with Crippen molar-refractivity contribution in [3.63, 3.8) is 0 Å². The first-order valence-corrected chi connectivity index (χ1v) is 5.24. The monoisotopic (exact) mass is 195 g/mol. The number of rotatable bonds is 3. The van der Waals surface area contributed by atoms with E-state index < -0.39 is 0 Å². The lowest BCUT2D eigenvalue weighted by Crippen LogP contribution is -2.24. The number of aromatic amines is 1. The van der Waals surface area contributed by atoms with Crippen LogP contribution in [0.4, 0.5) is 11.9 Å². The highest BCUT2D eigenvalue weighted by Gasteiger charge is 2.26. The van der Waals surface area contributed by atoms with Gasteiger partial charge >= 0.3 is 0 Å². The van der Waals surface area contributed by atoms with Gasteiger partial charge < -0.3 is 11.1 Å². The van der Waals surface area contributed by atoms with Gasteiger partial charge in [-0.2, -0.15) is 4.98 Å². The minimum Gasteiger partial charge on any atom is -0.368 e. The first-order chi connectivity index (χ1) is 6.79. The van der Waals surface area contributed by atoms with Crippen LogP contribution in [-0.2, 0) is 0 Å². The van der Waals surface area contributed by atoms with Crippen LogP contribution in [-0.4, -0.2) is 21.2 Å². The normalized spacial score (nSPS) is 26.6. The van der Waals surface area contributed by atoms with Crippen molar-refractivity contribution in [2.45, 2.75) is 38.6 Å². The number of nitrogens with two attached hydrogens (primary N) is 1. The molecule has 4 N–H and O–H groups in total. The number of hydrogen-bond acceptors (Lipinski definition) is 4. The Balaban J connectivity index is 1.96. The zero-order valence-electron chi connectivity index (χ0n) is 8.45. The average Bonchev–Trinajstić information content (AvgIpc) is 2.76. The number of nitrogen functional groups attached to an aromatic ring is 1. The maximum Gasteiger partial charge on any atom is 0.243 e. The second-order valence-corrected chi connectivity index (χ2v) is 3.89. The van der Waals surface area contributed by atoms with Crippen LogP contribution in [0.25, 0.3) is 0 Å². The molecule has 0 aliphatic heterocycles. The lowest BCUT2D eigenvalue weighted by Gasteiger charge is -2.18. The fourth-order valence-corrected chi connectivity index (χ4v) is 2.22. The number of nitrogens with one attached hydrogen (secondary N) is 2. The van der Waals surface area contributed by atoms with E-state index in [1.807, 2.05) is 0 Å². The molecule has 5 nitrogen and oxygen atoms in total. The van der Waals surface area contributed by atoms with Gasteiger partial charge in [0.15, 0.2) is 0 Å². The highest BCUT2D eigenvalue weighted by molar-refractivity contribution is 5.31. The van der Waals surface area contributed by atoms with Crippen LogP contribution >= 0.6 is 0 Å². The van der Waals surface area contributed by atoms with Crippen molar-refractivity contribution >= 4 is 11.9 Å². The molecule has 1 heterocycles. The van der Waals surface area contributed by atoms with E-state index in [0.717, 1.165) is 5.92 Å². The smallest absolute Gasteiger partial charge is 0.243 e. The number of nitrogens with zero attached hydrogens (tertiary/aromatic N) is 2. The van der Waals surface area contributed by atoms with Crippen molar-refractivity contribution in [2.75, 3.05) is 11.1 Å². The summed E-state index contributed by atoms with van der Waals surface area (Å²) in [6.07, 6.45) is 5.05. The van der Waals surface area contributed by atoms with Gasteiger partial charge in [-0.05, 0) is 18.8 Å². The second-order valence-electron chi connectivity index (χ2n) is 3.89. The molecule has 1 aliphatic carbocycles. The van der Waals surface area contributed by atoms with Gasteiger partial charge in [-0.15, -0.1) is 5.10 Å². The molecular weight excluding hydrogens is 178 g/mol. The Labute approximate surface area is 83.5 Å². The molecule has 0 amide bonds. The SMILES string of the molecule is CCC1CCCC1Nc1n[nH]c(N)n1. The lowest BCUT2D eigenvalue weighted by molar-refractivity contribution is 0.487. The third-order valence-corrected chi connectivity index (χ3v) is 3.00. The number of aromatic nitrogens is 3. The molecule has 0 saturated heterocycles. The Morgan fingerprint density at radius 2 is 2.43 bits per heavy atom. The maximum absolute atomic E-state index is 5.45. The zero-order valence-corrected chi connectivity index (χ0v) is 8.45. The Morgan fingerprint density at radius 1 is 1.57 bits per heavy atom. The van der Waals surface area contributed by atoms with Crippen LogP contribution in [0.3, 0.4) is 0 Å². The van der Waals surface area contributed by atoms with Gasteiger partial charge in [0.05, 0.1) is 0 Å². The molecule has 2 rings (SSSR count). The zero-order chi connectivity index (χ0) is 9.97. The summed E-state index contributed by atoms with van der Waals surface area (Å²) in [5, 5.41) is 9.93. The van der Waals surface area contributed by atoms with E-state index >= 15 is 0 Å². The molecule has 0 spiro atoms. The van der Waals surface area contributed by atoms with Gasteiger partial charge in [-0.1, -0.05) is 19.8 Å². The van der Waals surface area contributed by atoms with Gasteiger partial charge in [0.1, 0.15) is 0 Å². The van der Waals surface area contributed by atoms with Crippen LogP contribution in [0.5, 0.6) is 0 Å². The third-order valence-electron chi connectivity index (χ3n) is 3.00. The molecule has 2 unspecified atom stereocenters. The van der Waals surface area contributed by atoms with Crippen LogP contribution in [0.2, 0.25) is 0 Å². The van der Waals surface area contributed by atoms with E-state index in [-0.39, 0.29) is 0 Å². The lowest BCUT2D eigenvalue weighted by atomic mass is 10.0. The Morgan fingerprint density at radius 3 is 3.07 bits per heavy atom. The van der Waals surface area contributed by atoms with Gasteiger partial charge in [0.25, 0.3) is 0 Å². The topological polar surface area (TPSA) is 79.6 Å². The predicted octanol–water partition coefficient (Wildman–Crippen LogP) is 1.38. The Bertz CT molecular complexity index is 295. The van der Waals surface area contributed by atoms with Crippen LogP contribution in [0.15, 0.2) is 0 Å². The quantitative estimate of drug-likeness (QED) is 0.680. The Kier molecular flexibility index (Phi) is 2.56. The maximum atomic E-state index is 5.45. The van der Waals surface area contributed by atoms with Gasteiger partial charge in [-0.3, -0.25) is 0 Å². The standard InChI is InChI=1S/C9H17N5/c1-2-6-4-3-5-7(6)11-9-12-8(10)13-14-9/h6-7H,2-5H2,1H3,(H4,10,11,12,13,14). The van der Waals surface area contributed by atoms with Crippen LogP contribution < -0.4 is 11.1 Å². The molecule has 78 valence electrons. The molecule has 0 aromatic carbocycles. The van der Waals surface area contributed by atoms with Crippen molar-refractivity contribution < 1.29 is 0 Å². The van der Waals surface area contributed by atoms with Crippen LogP contribution in [0, 0.1) is 5.92 Å². The molecule has 1 aromatic rings. The number of hydrogen-bond donors (Lipinski definition) is 3. The van der Waals surface area contributed by atoms with E-state index in [0.29, 0.717) is 17.9 Å². The van der Waals surface area contributed by atoms with E-state index in [1.165, 1.54) is 25.7 Å². The van der Waals surface area contributed by atoms with Crippen LogP contribution in [0.1, 0.15) is 32.6 Å². The molecular formula is C9H17N5. The summed E-state index contributed by atoms with van der Waals surface area (Å²) < 4.78 is 0. The average molecular weight is 195 g/mol. The van der Waals surface area contributed by atoms with Gasteiger partial charge in [0.2, 0.25) is 11.9 Å². The summed E-state index contributed by atoms with van der Waals surface area (Å²) in [7, 11) is 0. The summed E-state index contributed by atoms with van der Waals surface area (Å²) in [5.41, 5.74) is 5.45. The largest absolute Gasteiger partial charge is 0.368 e. The minimum absolute atomic E-state index is 0.374. The van der Waals surface area contributed by atoms with Gasteiger partial charge in [-0.25, -0.2) is 5.10 Å². The van der Waals surface area contributed by atoms with Crippen molar-refractivity contribution in [1.82, 2.24) is 15.2 Å². The summed E-state index contributed by atoms with van der Waals surface area (Å²) in [4.78, 5) is 4.04. The predicted molar refractivity (Wildman–Crippen MR) is 55.8 cm³/mol. The molecule has 0 radical (unpaired) electrons. The first kappa shape index (κ1) is 9.30. The van der Waals surface area contributed by atoms with Crippen molar-refractivity contribution in [3.05, 3.63) is 0 Å². The van der Waals surface area contributed by atoms with Gasteiger partial charge in [0, 0.05) is 6.04 Å². The van der Waals surface area contributed by atoms with Crippen molar-refractivity contribution in [2.24, 2.45) is 5.92 Å². The second kappa shape index (κ2) is 3.86. The minimum atomic E-state index is 0.374. The van der Waals surface area contributed by atoms with E-state index in [1.54, 1.807) is 0 Å². The molecule has 0 bridgehead atoms.